The molecule has 0 radical (unpaired) electrons. The molecule has 0 heterocycles. The molecule has 0 rings (SSSR count). The van der Waals surface area contributed by atoms with Crippen LogP contribution in [0.4, 0.5) is 0 Å². The van der Waals surface area contributed by atoms with Crippen LogP contribution in [0.1, 0.15) is 373 Å². The predicted octanol–water partition coefficient (Wildman–Crippen LogP) is 22.9. The number of carboxylic acids is 1. The number of nitrogens with zero attached hydrogens (tertiary/aromatic N) is 1. The van der Waals surface area contributed by atoms with Gasteiger partial charge in [-0.25, -0.2) is 0 Å². The molecule has 0 aliphatic heterocycles. The number of rotatable bonds is 72. The zero-order valence-corrected chi connectivity index (χ0v) is 59.6. The number of hydrogen-bond donors (Lipinski definition) is 0. The topological polar surface area (TPSA) is 111 Å². The molecule has 0 spiro atoms. The van der Waals surface area contributed by atoms with Gasteiger partial charge < -0.3 is 33.3 Å². The Labute approximate surface area is 552 Å². The van der Waals surface area contributed by atoms with Gasteiger partial charge in [-0.2, -0.15) is 0 Å². The van der Waals surface area contributed by atoms with E-state index in [4.69, 9.17) is 18.9 Å². The van der Waals surface area contributed by atoms with E-state index in [0.717, 1.165) is 51.4 Å². The first-order valence-electron chi connectivity index (χ1n) is 38.4. The summed E-state index contributed by atoms with van der Waals surface area (Å²) in [6.45, 7) is 4.78. The standard InChI is InChI=1S/C80H147NO8/c1-6-8-10-12-14-16-18-20-22-24-26-28-30-32-34-36-37-38-39-40-41-43-44-46-48-50-52-54-56-58-60-62-64-66-68-70-77(82)87-74-76(75-88-80(79(84)85)86-73-72-81(3,4)5)89-78(83)71-69-67-65-63-61-59-57-55-53-51-49-47-45-42-35-33-31-29-27-25-23-21-19-17-15-13-11-9-7-2/h18-21,24-27,31,33,76,80H,6-17,22-23,28-30,32,34-75H2,1-5H3/b20-18-,21-19-,26-24-,27-25-,33-31-. The molecular weight excluding hydrogens is 1100 g/mol. The lowest BCUT2D eigenvalue weighted by molar-refractivity contribution is -0.870. The Morgan fingerprint density at radius 1 is 0.337 bits per heavy atom. The first-order chi connectivity index (χ1) is 43.6. The lowest BCUT2D eigenvalue weighted by Crippen LogP contribution is -2.44. The fraction of sp³-hybridized carbons (Fsp3) is 0.838. The maximum Gasteiger partial charge on any atom is 0.306 e. The molecule has 0 aromatic rings. The number of quaternary nitrogens is 1. The molecule has 2 atom stereocenters. The highest BCUT2D eigenvalue weighted by molar-refractivity contribution is 5.70. The third-order valence-electron chi connectivity index (χ3n) is 17.2. The van der Waals surface area contributed by atoms with Crippen LogP contribution in [0.15, 0.2) is 60.8 Å². The van der Waals surface area contributed by atoms with E-state index in [-0.39, 0.29) is 32.2 Å². The second kappa shape index (κ2) is 70.9. The minimum absolute atomic E-state index is 0.149. The molecule has 520 valence electrons. The fourth-order valence-electron chi connectivity index (χ4n) is 11.3. The number of aliphatic carboxylic acids is 1. The van der Waals surface area contributed by atoms with Crippen LogP contribution in [0, 0.1) is 0 Å². The Hall–Kier alpha value is -3.01. The van der Waals surface area contributed by atoms with Crippen molar-refractivity contribution in [3.8, 4) is 0 Å². The monoisotopic (exact) mass is 1250 g/mol. The molecule has 0 aliphatic rings. The van der Waals surface area contributed by atoms with E-state index in [2.05, 4.69) is 74.6 Å². The highest BCUT2D eigenvalue weighted by atomic mass is 16.7. The summed E-state index contributed by atoms with van der Waals surface area (Å²) in [5, 5.41) is 11.8. The van der Waals surface area contributed by atoms with Crippen molar-refractivity contribution in [2.45, 2.75) is 386 Å². The van der Waals surface area contributed by atoms with Crippen LogP contribution in [0.2, 0.25) is 0 Å². The number of ether oxygens (including phenoxy) is 4. The molecular formula is C80H147NO8. The van der Waals surface area contributed by atoms with Gasteiger partial charge in [-0.05, 0) is 83.5 Å². The van der Waals surface area contributed by atoms with Crippen molar-refractivity contribution >= 4 is 17.9 Å². The molecule has 0 saturated heterocycles. The van der Waals surface area contributed by atoms with Crippen LogP contribution in [0.5, 0.6) is 0 Å². The van der Waals surface area contributed by atoms with Crippen molar-refractivity contribution in [1.29, 1.82) is 0 Å². The quantitative estimate of drug-likeness (QED) is 0.0195. The molecule has 0 aromatic carbocycles. The fourth-order valence-corrected chi connectivity index (χ4v) is 11.3. The van der Waals surface area contributed by atoms with E-state index in [0.29, 0.717) is 23.9 Å². The number of likely N-dealkylation sites (N-methyl/N-ethyl adjacent to an activating group) is 1. The summed E-state index contributed by atoms with van der Waals surface area (Å²) in [7, 11) is 5.94. The summed E-state index contributed by atoms with van der Waals surface area (Å²) >= 11 is 0. The third kappa shape index (κ3) is 72.3. The number of carbonyl (C=O) groups excluding carboxylic acids is 3. The molecule has 0 amide bonds. The second-order valence-electron chi connectivity index (χ2n) is 27.3. The van der Waals surface area contributed by atoms with Crippen molar-refractivity contribution in [1.82, 2.24) is 0 Å². The van der Waals surface area contributed by atoms with Gasteiger partial charge in [-0.3, -0.25) is 9.59 Å². The molecule has 0 fully saturated rings. The first kappa shape index (κ1) is 86.0. The van der Waals surface area contributed by atoms with Crippen molar-refractivity contribution in [2.24, 2.45) is 0 Å². The third-order valence-corrected chi connectivity index (χ3v) is 17.2. The van der Waals surface area contributed by atoms with Crippen LogP contribution in [0.3, 0.4) is 0 Å². The van der Waals surface area contributed by atoms with Crippen LogP contribution >= 0.6 is 0 Å². The molecule has 9 nitrogen and oxygen atoms in total. The number of unbranched alkanes of at least 4 members (excludes halogenated alkanes) is 47. The van der Waals surface area contributed by atoms with Crippen LogP contribution < -0.4 is 5.11 Å². The molecule has 89 heavy (non-hydrogen) atoms. The van der Waals surface area contributed by atoms with Crippen molar-refractivity contribution in [3.05, 3.63) is 60.8 Å². The molecule has 0 N–H and O–H groups in total. The molecule has 0 saturated carbocycles. The summed E-state index contributed by atoms with van der Waals surface area (Å²) in [5.41, 5.74) is 0. The van der Waals surface area contributed by atoms with Gasteiger partial charge in [-0.1, -0.05) is 338 Å². The van der Waals surface area contributed by atoms with Gasteiger partial charge in [0.25, 0.3) is 0 Å². The SMILES string of the molecule is CCCCCCC/C=C\C/C=C\C/C=C\CCCCCCCCCCCCCCCCC(=O)OC(COC(=O)CCCCCCCCCCCCCCCCCCCCCCCCC/C=C\C/C=C\CCCCCCC)COC(OCC[N+](C)(C)C)C(=O)[O-]. The Morgan fingerprint density at radius 3 is 0.899 bits per heavy atom. The summed E-state index contributed by atoms with van der Waals surface area (Å²) in [4.78, 5) is 37.6. The number of hydrogen-bond acceptors (Lipinski definition) is 8. The summed E-state index contributed by atoms with van der Waals surface area (Å²) in [6.07, 6.45) is 90.4. The number of esters is 2. The van der Waals surface area contributed by atoms with E-state index in [1.165, 1.54) is 289 Å². The molecule has 0 aromatic heterocycles. The van der Waals surface area contributed by atoms with Gasteiger partial charge in [-0.15, -0.1) is 0 Å². The average Bonchev–Trinajstić information content (AvgIpc) is 3.71. The predicted molar refractivity (Wildman–Crippen MR) is 380 cm³/mol. The zero-order valence-electron chi connectivity index (χ0n) is 59.6. The number of allylic oxidation sites excluding steroid dienone is 10. The highest BCUT2D eigenvalue weighted by Crippen LogP contribution is 2.19. The van der Waals surface area contributed by atoms with Crippen molar-refractivity contribution in [3.63, 3.8) is 0 Å². The average molecular weight is 1250 g/mol. The van der Waals surface area contributed by atoms with E-state index in [1.54, 1.807) is 0 Å². The zero-order chi connectivity index (χ0) is 64.7. The number of carbonyl (C=O) groups is 3. The highest BCUT2D eigenvalue weighted by Gasteiger charge is 2.22. The van der Waals surface area contributed by atoms with E-state index in [9.17, 15) is 19.5 Å². The lowest BCUT2D eigenvalue weighted by Gasteiger charge is -2.26. The summed E-state index contributed by atoms with van der Waals surface area (Å²) in [6, 6.07) is 0. The summed E-state index contributed by atoms with van der Waals surface area (Å²) in [5.74, 6) is -2.26. The number of carboxylic acid groups (broad SMARTS) is 1. The molecule has 9 heteroatoms. The van der Waals surface area contributed by atoms with Crippen LogP contribution in [-0.2, 0) is 33.3 Å². The van der Waals surface area contributed by atoms with Gasteiger partial charge >= 0.3 is 11.9 Å². The maximum atomic E-state index is 13.0. The Kier molecular flexibility index (Phi) is 68.5. The lowest BCUT2D eigenvalue weighted by atomic mass is 10.0. The minimum Gasteiger partial charge on any atom is -0.545 e. The van der Waals surface area contributed by atoms with E-state index < -0.39 is 24.3 Å². The normalized spacial score (nSPS) is 13.0. The van der Waals surface area contributed by atoms with Crippen LogP contribution in [0.25, 0.3) is 0 Å². The molecule has 0 bridgehead atoms. The Bertz CT molecular complexity index is 1650. The van der Waals surface area contributed by atoms with Crippen molar-refractivity contribution < 1.29 is 42.9 Å². The van der Waals surface area contributed by atoms with Crippen LogP contribution in [-0.4, -0.2) is 82.3 Å². The Balaban J connectivity index is 4.01. The minimum atomic E-state index is -1.62. The Morgan fingerprint density at radius 2 is 0.607 bits per heavy atom. The summed E-state index contributed by atoms with van der Waals surface area (Å²) < 4.78 is 22.9. The largest absolute Gasteiger partial charge is 0.545 e. The van der Waals surface area contributed by atoms with Gasteiger partial charge in [0.15, 0.2) is 12.4 Å². The van der Waals surface area contributed by atoms with E-state index >= 15 is 0 Å². The molecule has 0 aliphatic carbocycles. The van der Waals surface area contributed by atoms with Crippen molar-refractivity contribution in [2.75, 3.05) is 47.5 Å². The first-order valence-corrected chi connectivity index (χ1v) is 38.4. The second-order valence-corrected chi connectivity index (χ2v) is 27.3. The maximum absolute atomic E-state index is 13.0. The van der Waals surface area contributed by atoms with Gasteiger partial charge in [0.1, 0.15) is 13.2 Å². The van der Waals surface area contributed by atoms with Gasteiger partial charge in [0, 0.05) is 12.8 Å². The smallest absolute Gasteiger partial charge is 0.306 e. The molecule has 2 unspecified atom stereocenters. The van der Waals surface area contributed by atoms with Gasteiger partial charge in [0.05, 0.1) is 40.3 Å². The van der Waals surface area contributed by atoms with Gasteiger partial charge in [0.2, 0.25) is 0 Å². The van der Waals surface area contributed by atoms with E-state index in [1.807, 2.05) is 21.1 Å².